The molecule has 0 bridgehead atoms. The third-order valence-electron chi connectivity index (χ3n) is 4.01. The van der Waals surface area contributed by atoms with Crippen LogP contribution in [0.1, 0.15) is 38.5 Å². The molecule has 1 N–H and O–H groups in total. The van der Waals surface area contributed by atoms with Crippen LogP contribution in [0.15, 0.2) is 0 Å². The molecule has 0 aromatic rings. The Labute approximate surface area is 104 Å². The minimum Gasteiger partial charge on any atom is -0.380 e. The highest BCUT2D eigenvalue weighted by Crippen LogP contribution is 2.23. The van der Waals surface area contributed by atoms with Crippen molar-refractivity contribution in [3.8, 4) is 0 Å². The number of ether oxygens (including phenoxy) is 1. The normalized spacial score (nSPS) is 34.6. The van der Waals surface area contributed by atoms with Gasteiger partial charge >= 0.3 is 0 Å². The van der Waals surface area contributed by atoms with Crippen molar-refractivity contribution in [1.82, 2.24) is 5.32 Å². The standard InChI is InChI=1S/C12H23NO3S/c1-16-12-5-3-2-4-11(12)13-10-6-8-17(14,15)9-7-10/h10-13H,2-9H2,1H3. The molecule has 4 nitrogen and oxygen atoms in total. The summed E-state index contributed by atoms with van der Waals surface area (Å²) in [5.74, 6) is 0.685. The second kappa shape index (κ2) is 5.67. The van der Waals surface area contributed by atoms with Crippen LogP contribution in [0, 0.1) is 0 Å². The van der Waals surface area contributed by atoms with E-state index in [0.717, 1.165) is 25.7 Å². The Morgan fingerprint density at radius 2 is 1.71 bits per heavy atom. The maximum Gasteiger partial charge on any atom is 0.150 e. The fourth-order valence-corrected chi connectivity index (χ4v) is 4.42. The summed E-state index contributed by atoms with van der Waals surface area (Å²) in [4.78, 5) is 0. The van der Waals surface area contributed by atoms with Gasteiger partial charge in [-0.3, -0.25) is 0 Å². The minimum atomic E-state index is -2.75. The lowest BCUT2D eigenvalue weighted by Crippen LogP contribution is -2.50. The number of nitrogens with one attached hydrogen (secondary N) is 1. The van der Waals surface area contributed by atoms with Crippen LogP contribution >= 0.6 is 0 Å². The van der Waals surface area contributed by atoms with E-state index in [0.29, 0.717) is 29.7 Å². The second-order valence-electron chi connectivity index (χ2n) is 5.26. The smallest absolute Gasteiger partial charge is 0.150 e. The summed E-state index contributed by atoms with van der Waals surface area (Å²) in [6.45, 7) is 0. The van der Waals surface area contributed by atoms with Gasteiger partial charge in [0.25, 0.3) is 0 Å². The molecule has 1 saturated carbocycles. The van der Waals surface area contributed by atoms with E-state index >= 15 is 0 Å². The number of hydrogen-bond donors (Lipinski definition) is 1. The summed E-state index contributed by atoms with van der Waals surface area (Å²) in [7, 11) is -0.973. The number of rotatable bonds is 3. The van der Waals surface area contributed by atoms with Crippen LogP contribution in [-0.4, -0.2) is 45.2 Å². The molecule has 1 aliphatic heterocycles. The predicted octanol–water partition coefficient (Wildman–Crippen LogP) is 1.11. The average Bonchev–Trinajstić information content (AvgIpc) is 2.32. The van der Waals surface area contributed by atoms with E-state index in [9.17, 15) is 8.42 Å². The van der Waals surface area contributed by atoms with Gasteiger partial charge < -0.3 is 10.1 Å². The van der Waals surface area contributed by atoms with Crippen LogP contribution in [0.3, 0.4) is 0 Å². The van der Waals surface area contributed by atoms with Gasteiger partial charge in [-0.05, 0) is 25.7 Å². The molecule has 17 heavy (non-hydrogen) atoms. The SMILES string of the molecule is COC1CCCCC1NC1CCS(=O)(=O)CC1. The molecular formula is C12H23NO3S. The average molecular weight is 261 g/mol. The molecule has 2 unspecified atom stereocenters. The highest BCUT2D eigenvalue weighted by atomic mass is 32.2. The zero-order valence-corrected chi connectivity index (χ0v) is 11.3. The van der Waals surface area contributed by atoms with E-state index < -0.39 is 9.84 Å². The van der Waals surface area contributed by atoms with Crippen molar-refractivity contribution in [1.29, 1.82) is 0 Å². The molecule has 2 atom stereocenters. The zero-order valence-electron chi connectivity index (χ0n) is 10.5. The fourth-order valence-electron chi connectivity index (χ4n) is 2.93. The van der Waals surface area contributed by atoms with Crippen molar-refractivity contribution >= 4 is 9.84 Å². The monoisotopic (exact) mass is 261 g/mol. The van der Waals surface area contributed by atoms with Gasteiger partial charge in [0.15, 0.2) is 0 Å². The highest BCUT2D eigenvalue weighted by Gasteiger charge is 2.30. The molecule has 2 rings (SSSR count). The van der Waals surface area contributed by atoms with Crippen molar-refractivity contribution in [2.75, 3.05) is 18.6 Å². The minimum absolute atomic E-state index is 0.308. The van der Waals surface area contributed by atoms with Crippen molar-refractivity contribution in [2.45, 2.75) is 56.7 Å². The van der Waals surface area contributed by atoms with Crippen molar-refractivity contribution < 1.29 is 13.2 Å². The lowest BCUT2D eigenvalue weighted by atomic mass is 9.91. The predicted molar refractivity (Wildman–Crippen MR) is 67.9 cm³/mol. The van der Waals surface area contributed by atoms with E-state index in [1.165, 1.54) is 12.8 Å². The van der Waals surface area contributed by atoms with Gasteiger partial charge in [-0.25, -0.2) is 8.42 Å². The van der Waals surface area contributed by atoms with E-state index in [1.807, 2.05) is 0 Å². The van der Waals surface area contributed by atoms with E-state index in [2.05, 4.69) is 5.32 Å². The highest BCUT2D eigenvalue weighted by molar-refractivity contribution is 7.91. The second-order valence-corrected chi connectivity index (χ2v) is 7.56. The molecule has 0 amide bonds. The van der Waals surface area contributed by atoms with E-state index in [4.69, 9.17) is 4.74 Å². The Morgan fingerprint density at radius 1 is 1.06 bits per heavy atom. The summed E-state index contributed by atoms with van der Waals surface area (Å²) in [5.41, 5.74) is 0. The van der Waals surface area contributed by atoms with Crippen LogP contribution in [0.4, 0.5) is 0 Å². The quantitative estimate of drug-likeness (QED) is 0.827. The van der Waals surface area contributed by atoms with E-state index in [1.54, 1.807) is 7.11 Å². The molecule has 2 fully saturated rings. The topological polar surface area (TPSA) is 55.4 Å². The summed E-state index contributed by atoms with van der Waals surface area (Å²) in [6.07, 6.45) is 6.60. The molecule has 2 aliphatic rings. The van der Waals surface area contributed by atoms with Crippen LogP contribution in [0.25, 0.3) is 0 Å². The molecule has 5 heteroatoms. The van der Waals surface area contributed by atoms with Gasteiger partial charge in [-0.15, -0.1) is 0 Å². The lowest BCUT2D eigenvalue weighted by Gasteiger charge is -2.35. The largest absolute Gasteiger partial charge is 0.380 e. The summed E-state index contributed by atoms with van der Waals surface area (Å²) in [6, 6.07) is 0.777. The van der Waals surface area contributed by atoms with E-state index in [-0.39, 0.29) is 0 Å². The van der Waals surface area contributed by atoms with Crippen molar-refractivity contribution in [2.24, 2.45) is 0 Å². The third-order valence-corrected chi connectivity index (χ3v) is 5.73. The van der Waals surface area contributed by atoms with Gasteiger partial charge in [0.05, 0.1) is 17.6 Å². The fraction of sp³-hybridized carbons (Fsp3) is 1.00. The Bertz CT molecular complexity index is 328. The molecule has 1 saturated heterocycles. The van der Waals surface area contributed by atoms with Gasteiger partial charge in [-0.2, -0.15) is 0 Å². The van der Waals surface area contributed by atoms with Crippen LogP contribution in [0.5, 0.6) is 0 Å². The van der Waals surface area contributed by atoms with Gasteiger partial charge in [0.1, 0.15) is 9.84 Å². The maximum atomic E-state index is 11.4. The lowest BCUT2D eigenvalue weighted by molar-refractivity contribution is 0.0372. The molecule has 1 heterocycles. The summed E-state index contributed by atoms with van der Waals surface area (Å²) >= 11 is 0. The Kier molecular flexibility index (Phi) is 4.44. The first-order chi connectivity index (χ1) is 8.11. The zero-order chi connectivity index (χ0) is 12.3. The first kappa shape index (κ1) is 13.3. The molecule has 100 valence electrons. The van der Waals surface area contributed by atoms with Crippen LogP contribution in [-0.2, 0) is 14.6 Å². The third kappa shape index (κ3) is 3.66. The summed E-state index contributed by atoms with van der Waals surface area (Å²) in [5, 5.41) is 3.61. The molecular weight excluding hydrogens is 238 g/mol. The van der Waals surface area contributed by atoms with Crippen LogP contribution in [0.2, 0.25) is 0 Å². The van der Waals surface area contributed by atoms with Crippen molar-refractivity contribution in [3.05, 3.63) is 0 Å². The molecule has 0 aromatic carbocycles. The Hall–Kier alpha value is -0.130. The number of hydrogen-bond acceptors (Lipinski definition) is 4. The maximum absolute atomic E-state index is 11.4. The Balaban J connectivity index is 1.84. The first-order valence-corrected chi connectivity index (χ1v) is 8.42. The Morgan fingerprint density at radius 3 is 2.35 bits per heavy atom. The van der Waals surface area contributed by atoms with Crippen LogP contribution < -0.4 is 5.32 Å². The van der Waals surface area contributed by atoms with Gasteiger partial charge in [0.2, 0.25) is 0 Å². The number of methoxy groups -OCH3 is 1. The molecule has 0 aromatic heterocycles. The first-order valence-electron chi connectivity index (χ1n) is 6.60. The van der Waals surface area contributed by atoms with Gasteiger partial charge in [-0.1, -0.05) is 12.8 Å². The van der Waals surface area contributed by atoms with Crippen molar-refractivity contribution in [3.63, 3.8) is 0 Å². The molecule has 0 spiro atoms. The molecule has 0 radical (unpaired) electrons. The summed E-state index contributed by atoms with van der Waals surface area (Å²) < 4.78 is 28.2. The number of sulfone groups is 1. The van der Waals surface area contributed by atoms with Gasteiger partial charge in [0, 0.05) is 19.2 Å². The molecule has 1 aliphatic carbocycles.